The largest absolute Gasteiger partial charge is 0.495 e. The maximum Gasteiger partial charge on any atom is 0.293 e. The van der Waals surface area contributed by atoms with Crippen molar-refractivity contribution in [3.63, 3.8) is 0 Å². The average Bonchev–Trinajstić information content (AvgIpc) is 3.33. The summed E-state index contributed by atoms with van der Waals surface area (Å²) in [6, 6.07) is 27.0. The van der Waals surface area contributed by atoms with Gasteiger partial charge in [0, 0.05) is 17.1 Å². The molecule has 0 fully saturated rings. The van der Waals surface area contributed by atoms with Gasteiger partial charge < -0.3 is 15.4 Å². The van der Waals surface area contributed by atoms with Crippen molar-refractivity contribution in [3.05, 3.63) is 101 Å². The summed E-state index contributed by atoms with van der Waals surface area (Å²) in [6.07, 6.45) is 0. The van der Waals surface area contributed by atoms with E-state index in [1.54, 1.807) is 7.11 Å². The van der Waals surface area contributed by atoms with Gasteiger partial charge in [-0.3, -0.25) is 4.79 Å². The lowest BCUT2D eigenvalue weighted by Gasteiger charge is -2.10. The van der Waals surface area contributed by atoms with Crippen molar-refractivity contribution in [3.8, 4) is 16.2 Å². The van der Waals surface area contributed by atoms with E-state index in [9.17, 15) is 4.79 Å². The van der Waals surface area contributed by atoms with Crippen molar-refractivity contribution in [2.45, 2.75) is 6.54 Å². The van der Waals surface area contributed by atoms with Gasteiger partial charge in [-0.2, -0.15) is 0 Å². The third-order valence-electron chi connectivity index (χ3n) is 5.36. The van der Waals surface area contributed by atoms with E-state index in [2.05, 4.69) is 26.7 Å². The number of amides is 1. The summed E-state index contributed by atoms with van der Waals surface area (Å²) in [5.74, 6) is 0.921. The first kappa shape index (κ1) is 22.8. The van der Waals surface area contributed by atoms with Gasteiger partial charge in [0.1, 0.15) is 16.4 Å². The second kappa shape index (κ2) is 10.1. The number of carbonyl (C=O) groups is 1. The number of hydrogen-bond donors (Lipinski definition) is 2. The molecule has 2 heterocycles. The first-order chi connectivity index (χ1) is 17.1. The molecule has 0 radical (unpaired) electrons. The third kappa shape index (κ3) is 5.11. The van der Waals surface area contributed by atoms with E-state index in [1.165, 1.54) is 11.3 Å². The predicted octanol–water partition coefficient (Wildman–Crippen LogP) is 6.88. The van der Waals surface area contributed by atoms with E-state index in [4.69, 9.17) is 16.3 Å². The Bertz CT molecular complexity index is 1490. The van der Waals surface area contributed by atoms with Crippen LogP contribution in [0.4, 0.5) is 11.5 Å². The number of nitrogens with one attached hydrogen (secondary N) is 2. The van der Waals surface area contributed by atoms with E-state index in [1.807, 2.05) is 78.9 Å². The number of thiophene rings is 1. The fourth-order valence-corrected chi connectivity index (χ4v) is 4.93. The van der Waals surface area contributed by atoms with E-state index >= 15 is 0 Å². The van der Waals surface area contributed by atoms with Crippen LogP contribution in [-0.2, 0) is 6.54 Å². The van der Waals surface area contributed by atoms with Gasteiger partial charge in [0.15, 0.2) is 0 Å². The zero-order valence-corrected chi connectivity index (χ0v) is 20.4. The smallest absolute Gasteiger partial charge is 0.293 e. The SMILES string of the molecule is COc1ccc(CNc2nc(C(=O)Nc3ccccc3)nc3sc(-c4ccccc4)cc23)cc1Cl. The zero-order valence-electron chi connectivity index (χ0n) is 18.8. The number of aromatic nitrogens is 2. The van der Waals surface area contributed by atoms with Crippen LogP contribution in [0.3, 0.4) is 0 Å². The van der Waals surface area contributed by atoms with Gasteiger partial charge in [-0.25, -0.2) is 9.97 Å². The minimum absolute atomic E-state index is 0.0954. The van der Waals surface area contributed by atoms with E-state index < -0.39 is 0 Å². The van der Waals surface area contributed by atoms with Crippen LogP contribution in [0.25, 0.3) is 20.7 Å². The van der Waals surface area contributed by atoms with Crippen molar-refractivity contribution in [1.82, 2.24) is 9.97 Å². The van der Waals surface area contributed by atoms with Crippen LogP contribution in [0, 0.1) is 0 Å². The molecular formula is C27H21ClN4O2S. The maximum atomic E-state index is 13.0. The summed E-state index contributed by atoms with van der Waals surface area (Å²) in [6.45, 7) is 0.464. The Morgan fingerprint density at radius 2 is 1.71 bits per heavy atom. The van der Waals surface area contributed by atoms with Crippen LogP contribution in [0.2, 0.25) is 5.02 Å². The summed E-state index contributed by atoms with van der Waals surface area (Å²) in [7, 11) is 1.58. The number of carbonyl (C=O) groups excluding carboxylic acids is 1. The Hall–Kier alpha value is -3.94. The Labute approximate surface area is 211 Å². The van der Waals surface area contributed by atoms with Crippen LogP contribution in [0.1, 0.15) is 16.2 Å². The molecule has 1 amide bonds. The highest BCUT2D eigenvalue weighted by Crippen LogP contribution is 2.36. The molecule has 5 aromatic rings. The number of methoxy groups -OCH3 is 1. The second-order valence-corrected chi connectivity index (χ2v) is 9.17. The van der Waals surface area contributed by atoms with Gasteiger partial charge in [-0.1, -0.05) is 66.2 Å². The van der Waals surface area contributed by atoms with E-state index in [0.29, 0.717) is 28.8 Å². The molecular weight excluding hydrogens is 480 g/mol. The molecule has 35 heavy (non-hydrogen) atoms. The molecule has 8 heteroatoms. The molecule has 2 aromatic heterocycles. The molecule has 0 bridgehead atoms. The Balaban J connectivity index is 1.50. The standard InChI is InChI=1S/C27H21ClN4O2S/c1-34-22-13-12-17(14-21(22)28)16-29-24-20-15-23(18-8-4-2-5-9-18)35-27(20)32-25(31-24)26(33)30-19-10-6-3-7-11-19/h2-15H,16H2,1H3,(H,30,33)(H,29,31,32). The fraction of sp³-hybridized carbons (Fsp3) is 0.0741. The van der Waals surface area contributed by atoms with Gasteiger partial charge in [-0.05, 0) is 41.5 Å². The van der Waals surface area contributed by atoms with Gasteiger partial charge in [0.05, 0.1) is 17.5 Å². The number of ether oxygens (including phenoxy) is 1. The van der Waals surface area contributed by atoms with Crippen LogP contribution in [0.5, 0.6) is 5.75 Å². The van der Waals surface area contributed by atoms with Gasteiger partial charge in [0.25, 0.3) is 5.91 Å². The number of para-hydroxylation sites is 1. The van der Waals surface area contributed by atoms with Crippen molar-refractivity contribution in [2.75, 3.05) is 17.7 Å². The topological polar surface area (TPSA) is 76.1 Å². The number of fused-ring (bicyclic) bond motifs is 1. The van der Waals surface area contributed by atoms with Crippen LogP contribution in [0.15, 0.2) is 84.9 Å². The highest BCUT2D eigenvalue weighted by atomic mass is 35.5. The molecule has 0 saturated carbocycles. The molecule has 6 nitrogen and oxygen atoms in total. The molecule has 2 N–H and O–H groups in total. The minimum atomic E-state index is -0.372. The number of hydrogen-bond acceptors (Lipinski definition) is 6. The molecule has 0 aliphatic rings. The number of nitrogens with zero attached hydrogens (tertiary/aromatic N) is 2. The van der Waals surface area contributed by atoms with Crippen molar-refractivity contribution >= 4 is 50.6 Å². The molecule has 0 aliphatic heterocycles. The lowest BCUT2D eigenvalue weighted by Crippen LogP contribution is -2.16. The van der Waals surface area contributed by atoms with E-state index in [-0.39, 0.29) is 11.7 Å². The summed E-state index contributed by atoms with van der Waals surface area (Å²) in [4.78, 5) is 23.9. The highest BCUT2D eigenvalue weighted by molar-refractivity contribution is 7.21. The van der Waals surface area contributed by atoms with Crippen molar-refractivity contribution in [1.29, 1.82) is 0 Å². The Morgan fingerprint density at radius 1 is 0.971 bits per heavy atom. The first-order valence-corrected chi connectivity index (χ1v) is 12.1. The van der Waals surface area contributed by atoms with Gasteiger partial charge >= 0.3 is 0 Å². The maximum absolute atomic E-state index is 13.0. The van der Waals surface area contributed by atoms with Crippen molar-refractivity contribution in [2.24, 2.45) is 0 Å². The number of rotatable bonds is 7. The second-order valence-electron chi connectivity index (χ2n) is 7.73. The normalized spacial score (nSPS) is 10.8. The molecule has 3 aromatic carbocycles. The zero-order chi connectivity index (χ0) is 24.2. The van der Waals surface area contributed by atoms with Gasteiger partial charge in [0.2, 0.25) is 5.82 Å². The third-order valence-corrected chi connectivity index (χ3v) is 6.74. The number of benzene rings is 3. The Morgan fingerprint density at radius 3 is 2.43 bits per heavy atom. The number of halogens is 1. The lowest BCUT2D eigenvalue weighted by atomic mass is 10.2. The quantitative estimate of drug-likeness (QED) is 0.254. The fourth-order valence-electron chi connectivity index (χ4n) is 3.62. The summed E-state index contributed by atoms with van der Waals surface area (Å²) < 4.78 is 5.24. The first-order valence-electron chi connectivity index (χ1n) is 10.9. The Kier molecular flexibility index (Phi) is 6.61. The minimum Gasteiger partial charge on any atom is -0.495 e. The van der Waals surface area contributed by atoms with Crippen LogP contribution < -0.4 is 15.4 Å². The van der Waals surface area contributed by atoms with Crippen molar-refractivity contribution < 1.29 is 9.53 Å². The monoisotopic (exact) mass is 500 g/mol. The average molecular weight is 501 g/mol. The van der Waals surface area contributed by atoms with Crippen LogP contribution >= 0.6 is 22.9 Å². The molecule has 0 unspecified atom stereocenters. The highest BCUT2D eigenvalue weighted by Gasteiger charge is 2.17. The molecule has 0 aliphatic carbocycles. The molecule has 0 saturated heterocycles. The lowest BCUT2D eigenvalue weighted by molar-refractivity contribution is 0.101. The summed E-state index contributed by atoms with van der Waals surface area (Å²) >= 11 is 7.81. The summed E-state index contributed by atoms with van der Waals surface area (Å²) in [5.41, 5.74) is 2.72. The van der Waals surface area contributed by atoms with Gasteiger partial charge in [-0.15, -0.1) is 11.3 Å². The molecule has 5 rings (SSSR count). The molecule has 174 valence electrons. The molecule has 0 atom stereocenters. The number of anilines is 2. The predicted molar refractivity (Wildman–Crippen MR) is 143 cm³/mol. The van der Waals surface area contributed by atoms with E-state index in [0.717, 1.165) is 26.2 Å². The summed E-state index contributed by atoms with van der Waals surface area (Å²) in [5, 5.41) is 7.62. The van der Waals surface area contributed by atoms with Crippen LogP contribution in [-0.4, -0.2) is 23.0 Å². The molecule has 0 spiro atoms.